The molecule has 132 valence electrons. The minimum atomic E-state index is -3.34. The fourth-order valence-electron chi connectivity index (χ4n) is 2.49. The van der Waals surface area contributed by atoms with Gasteiger partial charge in [0, 0.05) is 24.3 Å². The zero-order chi connectivity index (χ0) is 17.7. The third kappa shape index (κ3) is 5.22. The van der Waals surface area contributed by atoms with Crippen LogP contribution in [0.1, 0.15) is 28.2 Å². The highest BCUT2D eigenvalue weighted by Gasteiger charge is 2.15. The van der Waals surface area contributed by atoms with Crippen LogP contribution in [0.15, 0.2) is 47.6 Å². The van der Waals surface area contributed by atoms with Gasteiger partial charge in [-0.3, -0.25) is 4.79 Å². The fourth-order valence-corrected chi connectivity index (χ4v) is 4.66. The second-order valence-electron chi connectivity index (χ2n) is 5.75. The molecule has 1 aromatic carbocycles. The third-order valence-electron chi connectivity index (χ3n) is 3.74. The van der Waals surface area contributed by atoms with Gasteiger partial charge in [0.15, 0.2) is 0 Å². The van der Waals surface area contributed by atoms with Crippen LogP contribution in [0.4, 0.5) is 0 Å². The highest BCUT2D eigenvalue weighted by Crippen LogP contribution is 2.20. The van der Waals surface area contributed by atoms with E-state index in [0.717, 1.165) is 21.0 Å². The van der Waals surface area contributed by atoms with Crippen LogP contribution >= 0.6 is 11.3 Å². The van der Waals surface area contributed by atoms with E-state index in [-0.39, 0.29) is 11.7 Å². The minimum absolute atomic E-state index is 0.0139. The van der Waals surface area contributed by atoms with Gasteiger partial charge in [-0.25, -0.2) is 18.6 Å². The summed E-state index contributed by atoms with van der Waals surface area (Å²) in [7, 11) is -3.34. The molecule has 1 amide bonds. The quantitative estimate of drug-likeness (QED) is 0.774. The number of rotatable bonds is 7. The zero-order valence-corrected chi connectivity index (χ0v) is 15.2. The molecule has 0 unspecified atom stereocenters. The predicted molar refractivity (Wildman–Crippen MR) is 99.0 cm³/mol. The van der Waals surface area contributed by atoms with Gasteiger partial charge < -0.3 is 0 Å². The van der Waals surface area contributed by atoms with Crippen LogP contribution in [-0.4, -0.2) is 26.6 Å². The maximum atomic E-state index is 12.1. The van der Waals surface area contributed by atoms with Crippen LogP contribution < -0.4 is 10.1 Å². The molecule has 3 rings (SSSR count). The monoisotopic (exact) mass is 377 g/mol. The van der Waals surface area contributed by atoms with Crippen molar-refractivity contribution in [2.75, 3.05) is 6.54 Å². The van der Waals surface area contributed by atoms with E-state index < -0.39 is 10.0 Å². The van der Waals surface area contributed by atoms with Crippen molar-refractivity contribution >= 4 is 33.0 Å². The molecule has 0 aliphatic carbocycles. The Morgan fingerprint density at radius 3 is 2.64 bits per heavy atom. The molecule has 1 aliphatic rings. The zero-order valence-electron chi connectivity index (χ0n) is 13.6. The summed E-state index contributed by atoms with van der Waals surface area (Å²) >= 11 is 1.58. The van der Waals surface area contributed by atoms with Crippen LogP contribution in [0.2, 0.25) is 0 Å². The van der Waals surface area contributed by atoms with E-state index in [1.165, 1.54) is 0 Å². The summed E-state index contributed by atoms with van der Waals surface area (Å²) in [6, 6.07) is 13.1. The first-order valence-corrected chi connectivity index (χ1v) is 10.4. The number of benzene rings is 1. The molecule has 2 N–H and O–H groups in total. The molecule has 2 aromatic rings. The smallest absolute Gasteiger partial charge is 0.240 e. The van der Waals surface area contributed by atoms with E-state index in [2.05, 4.69) is 15.2 Å². The number of hydrazone groups is 1. The lowest BCUT2D eigenvalue weighted by molar-refractivity contribution is -0.121. The van der Waals surface area contributed by atoms with E-state index in [1.807, 2.05) is 30.3 Å². The van der Waals surface area contributed by atoms with Gasteiger partial charge in [-0.2, -0.15) is 5.10 Å². The molecule has 1 aromatic heterocycles. The number of thiophene rings is 1. The molecule has 8 heteroatoms. The van der Waals surface area contributed by atoms with Crippen LogP contribution in [0.3, 0.4) is 0 Å². The lowest BCUT2D eigenvalue weighted by atomic mass is 10.1. The first-order valence-electron chi connectivity index (χ1n) is 7.97. The standard InChI is InChI=1S/C17H19N3O3S2/c21-17-9-7-15(19-20-17)16-8-6-14(24-16)10-11-18-25(22,23)12-13-4-2-1-3-5-13/h1-6,8,18H,7,9-12H2,(H,20,21). The Labute approximate surface area is 151 Å². The number of carbonyl (C=O) groups excluding carboxylic acids is 1. The van der Waals surface area contributed by atoms with Crippen molar-refractivity contribution in [3.05, 3.63) is 57.8 Å². The number of carbonyl (C=O) groups is 1. The average Bonchev–Trinajstić information content (AvgIpc) is 3.04. The van der Waals surface area contributed by atoms with Crippen LogP contribution in [0, 0.1) is 0 Å². The highest BCUT2D eigenvalue weighted by atomic mass is 32.2. The van der Waals surface area contributed by atoms with Gasteiger partial charge in [0.05, 0.1) is 16.3 Å². The molecule has 0 fully saturated rings. The van der Waals surface area contributed by atoms with Gasteiger partial charge in [0.25, 0.3) is 0 Å². The number of amides is 1. The highest BCUT2D eigenvalue weighted by molar-refractivity contribution is 7.88. The Morgan fingerprint density at radius 1 is 1.12 bits per heavy atom. The average molecular weight is 377 g/mol. The molecule has 0 atom stereocenters. The molecule has 0 radical (unpaired) electrons. The lowest BCUT2D eigenvalue weighted by Crippen LogP contribution is -2.27. The summed E-state index contributed by atoms with van der Waals surface area (Å²) in [6.45, 7) is 0.359. The van der Waals surface area contributed by atoms with E-state index >= 15 is 0 Å². The van der Waals surface area contributed by atoms with Gasteiger partial charge in [0.2, 0.25) is 15.9 Å². The van der Waals surface area contributed by atoms with Crippen molar-refractivity contribution in [2.45, 2.75) is 25.0 Å². The van der Waals surface area contributed by atoms with Crippen LogP contribution in [0.25, 0.3) is 0 Å². The van der Waals surface area contributed by atoms with Crippen LogP contribution in [0.5, 0.6) is 0 Å². The van der Waals surface area contributed by atoms with Crippen molar-refractivity contribution in [3.8, 4) is 0 Å². The molecule has 0 saturated carbocycles. The van der Waals surface area contributed by atoms with E-state index in [4.69, 9.17) is 0 Å². The lowest BCUT2D eigenvalue weighted by Gasteiger charge is -2.09. The SMILES string of the molecule is O=C1CCC(c2ccc(CCNS(=O)(=O)Cc3ccccc3)s2)=NN1. The summed E-state index contributed by atoms with van der Waals surface area (Å²) in [5.41, 5.74) is 4.13. The number of nitrogens with one attached hydrogen (secondary N) is 2. The summed E-state index contributed by atoms with van der Waals surface area (Å²) in [5.74, 6) is -0.0756. The summed E-state index contributed by atoms with van der Waals surface area (Å²) in [6.07, 6.45) is 1.71. The fraction of sp³-hybridized carbons (Fsp3) is 0.294. The molecule has 1 aliphatic heterocycles. The van der Waals surface area contributed by atoms with E-state index in [0.29, 0.717) is 25.8 Å². The largest absolute Gasteiger partial charge is 0.273 e. The molecule has 0 bridgehead atoms. The Hall–Kier alpha value is -2.03. The van der Waals surface area contributed by atoms with E-state index in [9.17, 15) is 13.2 Å². The second kappa shape index (κ2) is 7.90. The minimum Gasteiger partial charge on any atom is -0.273 e. The Kier molecular flexibility index (Phi) is 5.62. The van der Waals surface area contributed by atoms with Gasteiger partial charge >= 0.3 is 0 Å². The number of sulfonamides is 1. The predicted octanol–water partition coefficient (Wildman–Crippen LogP) is 2.02. The summed E-state index contributed by atoms with van der Waals surface area (Å²) in [4.78, 5) is 13.2. The Bertz CT molecular complexity index is 874. The summed E-state index contributed by atoms with van der Waals surface area (Å²) in [5, 5.41) is 4.08. The van der Waals surface area contributed by atoms with Gasteiger partial charge in [0.1, 0.15) is 0 Å². The maximum Gasteiger partial charge on any atom is 0.240 e. The van der Waals surface area contributed by atoms with Gasteiger partial charge in [-0.15, -0.1) is 11.3 Å². The third-order valence-corrected chi connectivity index (χ3v) is 6.29. The molecule has 0 saturated heterocycles. The topological polar surface area (TPSA) is 87.6 Å². The molecule has 0 spiro atoms. The molecule has 2 heterocycles. The number of hydrogen-bond acceptors (Lipinski definition) is 5. The molecular weight excluding hydrogens is 358 g/mol. The Morgan fingerprint density at radius 2 is 1.92 bits per heavy atom. The normalized spacial score (nSPS) is 14.9. The van der Waals surface area contributed by atoms with Gasteiger partial charge in [-0.05, 0) is 24.1 Å². The first kappa shape index (κ1) is 17.8. The van der Waals surface area contributed by atoms with Gasteiger partial charge in [-0.1, -0.05) is 30.3 Å². The van der Waals surface area contributed by atoms with E-state index in [1.54, 1.807) is 23.5 Å². The summed E-state index contributed by atoms with van der Waals surface area (Å²) < 4.78 is 26.9. The van der Waals surface area contributed by atoms with Crippen LogP contribution in [-0.2, 0) is 27.0 Å². The van der Waals surface area contributed by atoms with Crippen molar-refractivity contribution in [1.29, 1.82) is 0 Å². The van der Waals surface area contributed by atoms with Crippen molar-refractivity contribution in [2.24, 2.45) is 5.10 Å². The molecule has 25 heavy (non-hydrogen) atoms. The molecular formula is C17H19N3O3S2. The van der Waals surface area contributed by atoms with Crippen molar-refractivity contribution in [3.63, 3.8) is 0 Å². The Balaban J connectivity index is 1.51. The second-order valence-corrected chi connectivity index (χ2v) is 8.72. The first-order chi connectivity index (χ1) is 12.0. The van der Waals surface area contributed by atoms with Crippen molar-refractivity contribution < 1.29 is 13.2 Å². The number of nitrogens with zero attached hydrogens (tertiary/aromatic N) is 1. The molecule has 6 nitrogen and oxygen atoms in total. The van der Waals surface area contributed by atoms with Crippen molar-refractivity contribution in [1.82, 2.24) is 10.1 Å². The number of hydrogen-bond donors (Lipinski definition) is 2. The maximum absolute atomic E-state index is 12.1.